The number of carbonyl (C=O) groups excluding carboxylic acids is 2. The van der Waals surface area contributed by atoms with Crippen LogP contribution >= 0.6 is 27.3 Å². The first-order valence-electron chi connectivity index (χ1n) is 9.57. The highest BCUT2D eigenvalue weighted by Crippen LogP contribution is 2.27. The van der Waals surface area contributed by atoms with Gasteiger partial charge in [0.1, 0.15) is 5.69 Å². The lowest BCUT2D eigenvalue weighted by atomic mass is 10.2. The van der Waals surface area contributed by atoms with E-state index < -0.39 is 0 Å². The van der Waals surface area contributed by atoms with E-state index in [-0.39, 0.29) is 18.4 Å². The van der Waals surface area contributed by atoms with Crippen molar-refractivity contribution in [1.29, 1.82) is 0 Å². The molecule has 0 fully saturated rings. The van der Waals surface area contributed by atoms with Crippen molar-refractivity contribution >= 4 is 44.8 Å². The van der Waals surface area contributed by atoms with Gasteiger partial charge >= 0.3 is 0 Å². The van der Waals surface area contributed by atoms with Crippen molar-refractivity contribution in [2.75, 3.05) is 11.9 Å². The molecule has 2 aromatic carbocycles. The van der Waals surface area contributed by atoms with Crippen molar-refractivity contribution in [2.24, 2.45) is 0 Å². The highest BCUT2D eigenvalue weighted by atomic mass is 79.9. The number of hydrogen-bond donors (Lipinski definition) is 2. The molecule has 0 aliphatic carbocycles. The number of rotatable bonds is 7. The number of halogens is 1. The first-order chi connectivity index (χ1) is 15.1. The predicted molar refractivity (Wildman–Crippen MR) is 126 cm³/mol. The van der Waals surface area contributed by atoms with Gasteiger partial charge in [0, 0.05) is 16.4 Å². The van der Waals surface area contributed by atoms with Gasteiger partial charge in [-0.3, -0.25) is 14.3 Å². The van der Waals surface area contributed by atoms with Crippen LogP contribution < -0.4 is 10.6 Å². The van der Waals surface area contributed by atoms with E-state index in [9.17, 15) is 9.59 Å². The van der Waals surface area contributed by atoms with Gasteiger partial charge in [-0.25, -0.2) is 0 Å². The van der Waals surface area contributed by atoms with Crippen LogP contribution in [0.2, 0.25) is 0 Å². The largest absolute Gasteiger partial charge is 0.343 e. The fourth-order valence-electron chi connectivity index (χ4n) is 3.03. The summed E-state index contributed by atoms with van der Waals surface area (Å²) in [5, 5.41) is 12.0. The summed E-state index contributed by atoms with van der Waals surface area (Å²) in [6.07, 6.45) is 1.73. The van der Waals surface area contributed by atoms with Crippen LogP contribution in [0.5, 0.6) is 0 Å². The predicted octanol–water partition coefficient (Wildman–Crippen LogP) is 4.79. The van der Waals surface area contributed by atoms with Gasteiger partial charge in [0.05, 0.1) is 23.5 Å². The van der Waals surface area contributed by atoms with E-state index in [4.69, 9.17) is 0 Å². The van der Waals surface area contributed by atoms with Crippen LogP contribution in [0.15, 0.2) is 82.8 Å². The van der Waals surface area contributed by atoms with E-state index in [1.165, 1.54) is 11.3 Å². The Bertz CT molecular complexity index is 1170. The van der Waals surface area contributed by atoms with Crippen molar-refractivity contribution in [1.82, 2.24) is 15.1 Å². The van der Waals surface area contributed by atoms with Gasteiger partial charge in [0.2, 0.25) is 5.91 Å². The van der Waals surface area contributed by atoms with Crippen LogP contribution in [0.4, 0.5) is 5.69 Å². The van der Waals surface area contributed by atoms with Crippen molar-refractivity contribution in [3.05, 3.63) is 93.9 Å². The van der Waals surface area contributed by atoms with Crippen LogP contribution in [0, 0.1) is 0 Å². The molecule has 0 bridgehead atoms. The van der Waals surface area contributed by atoms with Gasteiger partial charge in [-0.2, -0.15) is 5.10 Å². The van der Waals surface area contributed by atoms with E-state index in [0.717, 1.165) is 14.9 Å². The van der Waals surface area contributed by atoms with E-state index in [1.54, 1.807) is 23.0 Å². The third kappa shape index (κ3) is 5.48. The molecular weight excluding hydrogens is 476 g/mol. The number of carbonyl (C=O) groups is 2. The van der Waals surface area contributed by atoms with Crippen LogP contribution in [-0.2, 0) is 11.3 Å². The van der Waals surface area contributed by atoms with Crippen molar-refractivity contribution in [3.8, 4) is 10.6 Å². The Morgan fingerprint density at radius 3 is 2.48 bits per heavy atom. The maximum absolute atomic E-state index is 12.9. The standard InChI is InChI=1S/C23H19BrN4O2S/c24-17-8-10-18(11-9-17)26-21(29)13-25-23(30)19-15-28(14-16-5-2-1-3-6-16)27-22(19)20-7-4-12-31-20/h1-12,15H,13-14H2,(H,25,30)(H,26,29). The summed E-state index contributed by atoms with van der Waals surface area (Å²) in [5.41, 5.74) is 2.80. The molecule has 0 aliphatic rings. The van der Waals surface area contributed by atoms with Gasteiger partial charge in [0.25, 0.3) is 5.91 Å². The average molecular weight is 495 g/mol. The zero-order valence-corrected chi connectivity index (χ0v) is 18.8. The molecule has 2 heterocycles. The molecule has 0 unspecified atom stereocenters. The molecule has 2 amide bonds. The fraction of sp³-hybridized carbons (Fsp3) is 0.0870. The second kappa shape index (κ2) is 9.72. The van der Waals surface area contributed by atoms with Gasteiger partial charge in [-0.15, -0.1) is 11.3 Å². The third-order valence-corrected chi connectivity index (χ3v) is 5.89. The maximum atomic E-state index is 12.9. The molecule has 0 radical (unpaired) electrons. The summed E-state index contributed by atoms with van der Waals surface area (Å²) >= 11 is 4.87. The molecule has 4 rings (SSSR count). The van der Waals surface area contributed by atoms with Crippen molar-refractivity contribution in [3.63, 3.8) is 0 Å². The minimum absolute atomic E-state index is 0.136. The van der Waals surface area contributed by atoms with Gasteiger partial charge in [0.15, 0.2) is 0 Å². The number of nitrogens with one attached hydrogen (secondary N) is 2. The lowest BCUT2D eigenvalue weighted by Gasteiger charge is -2.07. The summed E-state index contributed by atoms with van der Waals surface area (Å²) in [6, 6.07) is 21.0. The molecule has 0 aliphatic heterocycles. The SMILES string of the molecule is O=C(CNC(=O)c1cn(Cc2ccccc2)nc1-c1cccs1)Nc1ccc(Br)cc1. The van der Waals surface area contributed by atoms with Crippen LogP contribution in [-0.4, -0.2) is 28.1 Å². The van der Waals surface area contributed by atoms with Gasteiger partial charge < -0.3 is 10.6 Å². The molecule has 156 valence electrons. The van der Waals surface area contributed by atoms with Gasteiger partial charge in [-0.1, -0.05) is 52.3 Å². The van der Waals surface area contributed by atoms with E-state index in [2.05, 4.69) is 31.7 Å². The van der Waals surface area contributed by atoms with Crippen molar-refractivity contribution in [2.45, 2.75) is 6.54 Å². The molecule has 4 aromatic rings. The van der Waals surface area contributed by atoms with Crippen LogP contribution in [0.3, 0.4) is 0 Å². The number of hydrogen-bond acceptors (Lipinski definition) is 4. The molecule has 6 nitrogen and oxygen atoms in total. The summed E-state index contributed by atoms with van der Waals surface area (Å²) in [6.45, 7) is 0.416. The Morgan fingerprint density at radius 2 is 1.77 bits per heavy atom. The quantitative estimate of drug-likeness (QED) is 0.387. The second-order valence-corrected chi connectivity index (χ2v) is 8.65. The van der Waals surface area contributed by atoms with Crippen LogP contribution in [0.1, 0.15) is 15.9 Å². The fourth-order valence-corrected chi connectivity index (χ4v) is 4.02. The molecule has 0 atom stereocenters. The number of anilines is 1. The Kier molecular flexibility index (Phi) is 6.59. The second-order valence-electron chi connectivity index (χ2n) is 6.79. The Balaban J connectivity index is 1.47. The molecule has 2 aromatic heterocycles. The monoisotopic (exact) mass is 494 g/mol. The van der Waals surface area contributed by atoms with Gasteiger partial charge in [-0.05, 0) is 41.3 Å². The lowest BCUT2D eigenvalue weighted by Crippen LogP contribution is -2.32. The maximum Gasteiger partial charge on any atom is 0.255 e. The summed E-state index contributed by atoms with van der Waals surface area (Å²) in [5.74, 6) is -0.640. The summed E-state index contributed by atoms with van der Waals surface area (Å²) in [7, 11) is 0. The highest BCUT2D eigenvalue weighted by Gasteiger charge is 2.19. The zero-order valence-electron chi connectivity index (χ0n) is 16.4. The normalized spacial score (nSPS) is 10.6. The number of nitrogens with zero attached hydrogens (tertiary/aromatic N) is 2. The number of benzene rings is 2. The van der Waals surface area contributed by atoms with E-state index in [1.807, 2.05) is 60.0 Å². The molecule has 31 heavy (non-hydrogen) atoms. The summed E-state index contributed by atoms with van der Waals surface area (Å²) in [4.78, 5) is 26.0. The smallest absolute Gasteiger partial charge is 0.255 e. The molecule has 8 heteroatoms. The van der Waals surface area contributed by atoms with E-state index in [0.29, 0.717) is 23.5 Å². The minimum atomic E-state index is -0.339. The molecule has 0 spiro atoms. The van der Waals surface area contributed by atoms with E-state index >= 15 is 0 Å². The Hall–Kier alpha value is -3.23. The minimum Gasteiger partial charge on any atom is -0.343 e. The molecule has 0 saturated heterocycles. The van der Waals surface area contributed by atoms with Crippen LogP contribution in [0.25, 0.3) is 10.6 Å². The number of thiophene rings is 1. The lowest BCUT2D eigenvalue weighted by molar-refractivity contribution is -0.115. The number of aromatic nitrogens is 2. The zero-order chi connectivity index (χ0) is 21.6. The first-order valence-corrected chi connectivity index (χ1v) is 11.2. The Morgan fingerprint density at radius 1 is 1.00 bits per heavy atom. The molecule has 0 saturated carbocycles. The van der Waals surface area contributed by atoms with Crippen molar-refractivity contribution < 1.29 is 9.59 Å². The third-order valence-electron chi connectivity index (χ3n) is 4.49. The number of amides is 2. The molecule has 2 N–H and O–H groups in total. The first kappa shape index (κ1) is 21.0. The Labute approximate surface area is 192 Å². The summed E-state index contributed by atoms with van der Waals surface area (Å²) < 4.78 is 2.67. The topological polar surface area (TPSA) is 76.0 Å². The highest BCUT2D eigenvalue weighted by molar-refractivity contribution is 9.10. The average Bonchev–Trinajstić information content (AvgIpc) is 3.44. The molecular formula is C23H19BrN4O2S.